The summed E-state index contributed by atoms with van der Waals surface area (Å²) in [6, 6.07) is -0.369. The third-order valence-electron chi connectivity index (χ3n) is 3.19. The van der Waals surface area contributed by atoms with Crippen LogP contribution in [0.1, 0.15) is 25.0 Å². The third kappa shape index (κ3) is 2.33. The van der Waals surface area contributed by atoms with Crippen molar-refractivity contribution in [2.75, 3.05) is 17.2 Å². The van der Waals surface area contributed by atoms with Gasteiger partial charge in [-0.3, -0.25) is 4.79 Å². The van der Waals surface area contributed by atoms with E-state index in [0.717, 1.165) is 19.3 Å². The Balaban J connectivity index is 2.42. The number of anilines is 2. The van der Waals surface area contributed by atoms with Crippen molar-refractivity contribution < 1.29 is 4.79 Å². The minimum Gasteiger partial charge on any atom is -0.394 e. The van der Waals surface area contributed by atoms with Crippen molar-refractivity contribution in [3.63, 3.8) is 0 Å². The summed E-state index contributed by atoms with van der Waals surface area (Å²) in [5.74, 6) is 0.150. The van der Waals surface area contributed by atoms with Gasteiger partial charge >= 0.3 is 0 Å². The number of nitrogens with two attached hydrogens (primary N) is 2. The number of aromatic nitrogens is 2. The summed E-state index contributed by atoms with van der Waals surface area (Å²) in [6.45, 7) is 2.46. The van der Waals surface area contributed by atoms with E-state index < -0.39 is 0 Å². The Morgan fingerprint density at radius 2 is 2.17 bits per heavy atom. The maximum absolute atomic E-state index is 11.5. The average Bonchev–Trinajstić information content (AvgIpc) is 2.33. The number of aryl methyl sites for hydroxylation is 1. The largest absolute Gasteiger partial charge is 0.394 e. The monoisotopic (exact) mass is 269 g/mol. The van der Waals surface area contributed by atoms with Gasteiger partial charge in [0.15, 0.2) is 5.82 Å². The normalized spacial score (nSPS) is 19.9. The molecule has 1 unspecified atom stereocenters. The van der Waals surface area contributed by atoms with E-state index in [1.54, 1.807) is 6.92 Å². The Labute approximate surface area is 110 Å². The van der Waals surface area contributed by atoms with E-state index in [1.165, 1.54) is 0 Å². The van der Waals surface area contributed by atoms with Crippen LogP contribution in [0, 0.1) is 6.92 Å². The summed E-state index contributed by atoms with van der Waals surface area (Å²) < 4.78 is 0. The van der Waals surface area contributed by atoms with E-state index in [4.69, 9.17) is 23.1 Å². The smallest absolute Gasteiger partial charge is 0.240 e. The predicted molar refractivity (Wildman–Crippen MR) is 70.4 cm³/mol. The standard InChI is InChI=1S/C11H16ClN5O/c1-6-8(13)10(16-11(12)15-6)17-5-3-2-4-7(17)9(14)18/h7H,2-5,13H2,1H3,(H2,14,18). The zero-order chi connectivity index (χ0) is 13.3. The molecule has 4 N–H and O–H groups in total. The topological polar surface area (TPSA) is 98.1 Å². The highest BCUT2D eigenvalue weighted by atomic mass is 35.5. The Kier molecular flexibility index (Phi) is 3.56. The minimum absolute atomic E-state index is 0.130. The maximum Gasteiger partial charge on any atom is 0.240 e. The third-order valence-corrected chi connectivity index (χ3v) is 3.36. The van der Waals surface area contributed by atoms with Crippen LogP contribution in [-0.2, 0) is 4.79 Å². The van der Waals surface area contributed by atoms with Crippen molar-refractivity contribution in [1.29, 1.82) is 0 Å². The molecule has 6 nitrogen and oxygen atoms in total. The van der Waals surface area contributed by atoms with Gasteiger partial charge in [0.25, 0.3) is 0 Å². The van der Waals surface area contributed by atoms with E-state index in [0.29, 0.717) is 23.7 Å². The van der Waals surface area contributed by atoms with E-state index >= 15 is 0 Å². The Morgan fingerprint density at radius 3 is 2.83 bits per heavy atom. The fourth-order valence-electron chi connectivity index (χ4n) is 2.23. The van der Waals surface area contributed by atoms with E-state index in [9.17, 15) is 4.79 Å². The lowest BCUT2D eigenvalue weighted by molar-refractivity contribution is -0.119. The van der Waals surface area contributed by atoms with Crippen molar-refractivity contribution in [2.45, 2.75) is 32.2 Å². The number of hydrogen-bond donors (Lipinski definition) is 2. The number of rotatable bonds is 2. The van der Waals surface area contributed by atoms with E-state index in [1.807, 2.05) is 4.90 Å². The molecule has 0 spiro atoms. The average molecular weight is 270 g/mol. The molecule has 0 aromatic carbocycles. The molecule has 98 valence electrons. The van der Waals surface area contributed by atoms with Crippen LogP contribution < -0.4 is 16.4 Å². The number of carbonyl (C=O) groups excluding carboxylic acids is 1. The first-order valence-electron chi connectivity index (χ1n) is 5.86. The molecule has 1 aromatic heterocycles. The molecule has 7 heteroatoms. The maximum atomic E-state index is 11.5. The number of amides is 1. The number of primary amides is 1. The number of halogens is 1. The SMILES string of the molecule is Cc1nc(Cl)nc(N2CCCCC2C(N)=O)c1N. The van der Waals surface area contributed by atoms with Crippen LogP contribution in [0.15, 0.2) is 0 Å². The van der Waals surface area contributed by atoms with Crippen LogP contribution in [0.3, 0.4) is 0 Å². The molecule has 2 rings (SSSR count). The molecule has 1 aliphatic rings. The number of nitrogen functional groups attached to an aromatic ring is 1. The zero-order valence-corrected chi connectivity index (χ0v) is 10.9. The van der Waals surface area contributed by atoms with Crippen LogP contribution in [0.25, 0.3) is 0 Å². The van der Waals surface area contributed by atoms with Gasteiger partial charge in [-0.25, -0.2) is 4.98 Å². The van der Waals surface area contributed by atoms with Gasteiger partial charge < -0.3 is 16.4 Å². The van der Waals surface area contributed by atoms with E-state index in [2.05, 4.69) is 9.97 Å². The molecule has 1 aromatic rings. The first-order valence-corrected chi connectivity index (χ1v) is 6.24. The van der Waals surface area contributed by atoms with Crippen molar-refractivity contribution >= 4 is 29.0 Å². The van der Waals surface area contributed by atoms with Crippen LogP contribution >= 0.6 is 11.6 Å². The van der Waals surface area contributed by atoms with Gasteiger partial charge in [-0.15, -0.1) is 0 Å². The fourth-order valence-corrected chi connectivity index (χ4v) is 2.44. The first kappa shape index (κ1) is 12.9. The summed E-state index contributed by atoms with van der Waals surface area (Å²) in [6.07, 6.45) is 2.67. The van der Waals surface area contributed by atoms with Crippen LogP contribution in [0.2, 0.25) is 5.28 Å². The second-order valence-electron chi connectivity index (χ2n) is 4.42. The molecular formula is C11H16ClN5O. The van der Waals surface area contributed by atoms with Gasteiger partial charge in [-0.1, -0.05) is 0 Å². The molecule has 1 aliphatic heterocycles. The highest BCUT2D eigenvalue weighted by Gasteiger charge is 2.29. The summed E-state index contributed by atoms with van der Waals surface area (Å²) >= 11 is 5.85. The lowest BCUT2D eigenvalue weighted by Crippen LogP contribution is -2.48. The molecule has 0 aliphatic carbocycles. The lowest BCUT2D eigenvalue weighted by Gasteiger charge is -2.35. The molecule has 1 fully saturated rings. The summed E-state index contributed by atoms with van der Waals surface area (Å²) in [7, 11) is 0. The molecule has 1 saturated heterocycles. The summed E-state index contributed by atoms with van der Waals surface area (Å²) in [5, 5.41) is 0.130. The fraction of sp³-hybridized carbons (Fsp3) is 0.545. The number of carbonyl (C=O) groups is 1. The van der Waals surface area contributed by atoms with Crippen LogP contribution in [-0.4, -0.2) is 28.5 Å². The minimum atomic E-state index is -0.369. The van der Waals surface area contributed by atoms with Crippen molar-refractivity contribution in [2.24, 2.45) is 5.73 Å². The van der Waals surface area contributed by atoms with E-state index in [-0.39, 0.29) is 17.2 Å². The second-order valence-corrected chi connectivity index (χ2v) is 4.76. The van der Waals surface area contributed by atoms with Gasteiger partial charge in [-0.05, 0) is 37.8 Å². The van der Waals surface area contributed by atoms with Crippen molar-refractivity contribution in [3.8, 4) is 0 Å². The van der Waals surface area contributed by atoms with Crippen LogP contribution in [0.4, 0.5) is 11.5 Å². The molecular weight excluding hydrogens is 254 g/mol. The molecule has 1 atom stereocenters. The predicted octanol–water partition coefficient (Wildman–Crippen LogP) is 0.865. The van der Waals surface area contributed by atoms with Gasteiger partial charge in [0.2, 0.25) is 11.2 Å². The van der Waals surface area contributed by atoms with Gasteiger partial charge in [0.1, 0.15) is 6.04 Å². The molecule has 1 amide bonds. The highest BCUT2D eigenvalue weighted by Crippen LogP contribution is 2.30. The number of nitrogens with zero attached hydrogens (tertiary/aromatic N) is 3. The molecule has 18 heavy (non-hydrogen) atoms. The quantitative estimate of drug-likeness (QED) is 0.776. The first-order chi connectivity index (χ1) is 8.50. The summed E-state index contributed by atoms with van der Waals surface area (Å²) in [5.41, 5.74) is 12.5. The molecule has 0 saturated carbocycles. The highest BCUT2D eigenvalue weighted by molar-refractivity contribution is 6.28. The molecule has 0 bridgehead atoms. The Bertz CT molecular complexity index is 479. The number of hydrogen-bond acceptors (Lipinski definition) is 5. The molecule has 0 radical (unpaired) electrons. The van der Waals surface area contributed by atoms with Gasteiger partial charge in [-0.2, -0.15) is 4.98 Å². The van der Waals surface area contributed by atoms with Gasteiger partial charge in [0, 0.05) is 6.54 Å². The van der Waals surface area contributed by atoms with Crippen molar-refractivity contribution in [1.82, 2.24) is 9.97 Å². The number of piperidine rings is 1. The van der Waals surface area contributed by atoms with Gasteiger partial charge in [0.05, 0.1) is 11.4 Å². The lowest BCUT2D eigenvalue weighted by atomic mass is 10.0. The summed E-state index contributed by atoms with van der Waals surface area (Å²) in [4.78, 5) is 21.4. The Morgan fingerprint density at radius 1 is 1.44 bits per heavy atom. The van der Waals surface area contributed by atoms with Crippen molar-refractivity contribution in [3.05, 3.63) is 11.0 Å². The Hall–Kier alpha value is -1.56. The zero-order valence-electron chi connectivity index (χ0n) is 10.2. The second kappa shape index (κ2) is 4.97. The molecule has 2 heterocycles. The van der Waals surface area contributed by atoms with Crippen LogP contribution in [0.5, 0.6) is 0 Å².